The molecule has 6 nitrogen and oxygen atoms in total. The van der Waals surface area contributed by atoms with Crippen molar-refractivity contribution in [3.8, 4) is 16.2 Å². The van der Waals surface area contributed by atoms with Gasteiger partial charge in [-0.2, -0.15) is 0 Å². The van der Waals surface area contributed by atoms with Crippen LogP contribution < -0.4 is 19.7 Å². The van der Waals surface area contributed by atoms with Gasteiger partial charge in [0.05, 0.1) is 23.4 Å². The van der Waals surface area contributed by atoms with Crippen molar-refractivity contribution < 1.29 is 17.5 Å². The van der Waals surface area contributed by atoms with Gasteiger partial charge in [-0.3, -0.25) is 4.72 Å². The zero-order valence-corrected chi connectivity index (χ0v) is 19.8. The normalized spacial score (nSPS) is 19.1. The first-order valence-corrected chi connectivity index (χ1v) is 12.7. The van der Waals surface area contributed by atoms with E-state index in [1.807, 2.05) is 11.4 Å². The van der Waals surface area contributed by atoms with Crippen molar-refractivity contribution in [2.75, 3.05) is 29.8 Å². The van der Waals surface area contributed by atoms with Gasteiger partial charge >= 0.3 is 0 Å². The molecule has 1 saturated heterocycles. The van der Waals surface area contributed by atoms with Crippen molar-refractivity contribution in [2.45, 2.75) is 30.8 Å². The standard InChI is InChI=1S/C23H26FN3O3S2/c1-15-13-27(14-16(2)25-15)21-11-17(6-9-22(21)30-3)26-32(28,29)18-7-8-19(20(24)12-18)23-5-4-10-31-23/h4-12,15-16,25-26H,13-14H2,1-3H3/t15-,16+. The van der Waals surface area contributed by atoms with Gasteiger partial charge in [-0.25, -0.2) is 12.8 Å². The Kier molecular flexibility index (Phi) is 6.41. The molecule has 3 aromatic rings. The highest BCUT2D eigenvalue weighted by Crippen LogP contribution is 2.34. The van der Waals surface area contributed by atoms with Crippen LogP contribution in [-0.2, 0) is 10.0 Å². The Bertz CT molecular complexity index is 1190. The Hall–Kier alpha value is -2.62. The van der Waals surface area contributed by atoms with Gasteiger partial charge in [-0.15, -0.1) is 11.3 Å². The van der Waals surface area contributed by atoms with E-state index in [2.05, 4.69) is 28.8 Å². The Morgan fingerprint density at radius 1 is 1.12 bits per heavy atom. The highest BCUT2D eigenvalue weighted by atomic mass is 32.2. The Morgan fingerprint density at radius 2 is 1.88 bits per heavy atom. The largest absolute Gasteiger partial charge is 0.495 e. The Labute approximate surface area is 192 Å². The maximum atomic E-state index is 14.6. The third-order valence-electron chi connectivity index (χ3n) is 5.37. The number of methoxy groups -OCH3 is 1. The number of hydrogen-bond acceptors (Lipinski definition) is 6. The number of piperazine rings is 1. The van der Waals surface area contributed by atoms with Crippen LogP contribution in [0.5, 0.6) is 5.75 Å². The highest BCUT2D eigenvalue weighted by molar-refractivity contribution is 7.92. The molecular weight excluding hydrogens is 449 g/mol. The van der Waals surface area contributed by atoms with Crippen molar-refractivity contribution in [3.05, 3.63) is 59.7 Å². The molecule has 0 unspecified atom stereocenters. The van der Waals surface area contributed by atoms with E-state index < -0.39 is 15.8 Å². The second-order valence-corrected chi connectivity index (χ2v) is 10.6. The number of anilines is 2. The van der Waals surface area contributed by atoms with Crippen LogP contribution in [0.15, 0.2) is 58.8 Å². The van der Waals surface area contributed by atoms with Gasteiger partial charge in [-0.05, 0) is 61.7 Å². The van der Waals surface area contributed by atoms with E-state index in [0.29, 0.717) is 17.0 Å². The molecule has 1 aliphatic rings. The maximum absolute atomic E-state index is 14.6. The van der Waals surface area contributed by atoms with Crippen LogP contribution in [-0.4, -0.2) is 40.7 Å². The minimum absolute atomic E-state index is 0.128. The minimum atomic E-state index is -3.97. The first-order valence-electron chi connectivity index (χ1n) is 10.3. The summed E-state index contributed by atoms with van der Waals surface area (Å²) in [5, 5.41) is 5.33. The van der Waals surface area contributed by atoms with Crippen molar-refractivity contribution in [3.63, 3.8) is 0 Å². The monoisotopic (exact) mass is 475 g/mol. The lowest BCUT2D eigenvalue weighted by molar-refractivity contribution is 0.391. The number of nitrogens with one attached hydrogen (secondary N) is 2. The summed E-state index contributed by atoms with van der Waals surface area (Å²) in [4.78, 5) is 2.80. The van der Waals surface area contributed by atoms with E-state index >= 15 is 0 Å². The summed E-state index contributed by atoms with van der Waals surface area (Å²) >= 11 is 1.40. The molecule has 0 spiro atoms. The van der Waals surface area contributed by atoms with Crippen LogP contribution >= 0.6 is 11.3 Å². The first kappa shape index (κ1) is 22.6. The summed E-state index contributed by atoms with van der Waals surface area (Å²) in [6, 6.07) is 13.3. The van der Waals surface area contributed by atoms with Gasteiger partial charge < -0.3 is 15.0 Å². The van der Waals surface area contributed by atoms with Crippen molar-refractivity contribution in [2.24, 2.45) is 0 Å². The fraction of sp³-hybridized carbons (Fsp3) is 0.304. The molecule has 1 aliphatic heterocycles. The van der Waals surface area contributed by atoms with Gasteiger partial charge in [0.15, 0.2) is 0 Å². The summed E-state index contributed by atoms with van der Waals surface area (Å²) in [6.45, 7) is 5.75. The molecule has 32 heavy (non-hydrogen) atoms. The van der Waals surface area contributed by atoms with E-state index in [9.17, 15) is 12.8 Å². The number of sulfonamides is 1. The number of rotatable bonds is 6. The molecule has 2 atom stereocenters. The van der Waals surface area contributed by atoms with Crippen LogP contribution in [0.2, 0.25) is 0 Å². The number of benzene rings is 2. The lowest BCUT2D eigenvalue weighted by Crippen LogP contribution is -2.54. The molecule has 0 bridgehead atoms. The minimum Gasteiger partial charge on any atom is -0.495 e. The second kappa shape index (κ2) is 9.09. The van der Waals surface area contributed by atoms with E-state index in [1.165, 1.54) is 23.5 Å². The molecule has 0 aliphatic carbocycles. The SMILES string of the molecule is COc1ccc(NS(=O)(=O)c2ccc(-c3cccs3)c(F)c2)cc1N1C[C@@H](C)N[C@@H](C)C1. The smallest absolute Gasteiger partial charge is 0.261 e. The molecule has 0 radical (unpaired) electrons. The quantitative estimate of drug-likeness (QED) is 0.547. The first-order chi connectivity index (χ1) is 15.3. The predicted octanol–water partition coefficient (Wildman–Crippen LogP) is 4.55. The van der Waals surface area contributed by atoms with Gasteiger partial charge in [0.2, 0.25) is 0 Å². The van der Waals surface area contributed by atoms with Crippen molar-refractivity contribution >= 4 is 32.7 Å². The topological polar surface area (TPSA) is 70.7 Å². The molecule has 0 saturated carbocycles. The van der Waals surface area contributed by atoms with Gasteiger partial charge in [0.1, 0.15) is 11.6 Å². The summed E-state index contributed by atoms with van der Waals surface area (Å²) in [5.74, 6) is 0.0927. The van der Waals surface area contributed by atoms with Crippen molar-refractivity contribution in [1.29, 1.82) is 0 Å². The summed E-state index contributed by atoms with van der Waals surface area (Å²) < 4.78 is 48.7. The lowest BCUT2D eigenvalue weighted by Gasteiger charge is -2.38. The van der Waals surface area contributed by atoms with Crippen LogP contribution in [0.25, 0.3) is 10.4 Å². The van der Waals surface area contributed by atoms with E-state index in [1.54, 1.807) is 31.4 Å². The molecular formula is C23H26FN3O3S2. The molecule has 170 valence electrons. The molecule has 2 heterocycles. The summed E-state index contributed by atoms with van der Waals surface area (Å²) in [6.07, 6.45) is 0. The number of halogens is 1. The van der Waals surface area contributed by atoms with Gasteiger partial charge in [0.25, 0.3) is 10.0 Å². The molecule has 9 heteroatoms. The average molecular weight is 476 g/mol. The van der Waals surface area contributed by atoms with Gasteiger partial charge in [0, 0.05) is 35.6 Å². The van der Waals surface area contributed by atoms with Gasteiger partial charge in [-0.1, -0.05) is 6.07 Å². The molecule has 1 fully saturated rings. The molecule has 4 rings (SSSR count). The zero-order valence-electron chi connectivity index (χ0n) is 18.1. The average Bonchev–Trinajstić information content (AvgIpc) is 3.27. The summed E-state index contributed by atoms with van der Waals surface area (Å²) in [7, 11) is -2.38. The highest BCUT2D eigenvalue weighted by Gasteiger charge is 2.24. The Morgan fingerprint density at radius 3 is 2.50 bits per heavy atom. The number of thiophene rings is 1. The number of ether oxygens (including phenoxy) is 1. The number of hydrogen-bond donors (Lipinski definition) is 2. The second-order valence-electron chi connectivity index (χ2n) is 7.98. The zero-order chi connectivity index (χ0) is 22.9. The van der Waals surface area contributed by atoms with Crippen LogP contribution in [0, 0.1) is 5.82 Å². The molecule has 1 aromatic heterocycles. The third kappa shape index (κ3) is 4.74. The predicted molar refractivity (Wildman–Crippen MR) is 128 cm³/mol. The van der Waals surface area contributed by atoms with Crippen molar-refractivity contribution in [1.82, 2.24) is 5.32 Å². The summed E-state index contributed by atoms with van der Waals surface area (Å²) in [5.41, 5.74) is 1.59. The maximum Gasteiger partial charge on any atom is 0.261 e. The fourth-order valence-electron chi connectivity index (χ4n) is 4.03. The van der Waals surface area contributed by atoms with E-state index in [4.69, 9.17) is 4.74 Å². The van der Waals surface area contributed by atoms with E-state index in [0.717, 1.165) is 29.7 Å². The van der Waals surface area contributed by atoms with Crippen LogP contribution in [0.1, 0.15) is 13.8 Å². The van der Waals surface area contributed by atoms with Crippen LogP contribution in [0.4, 0.5) is 15.8 Å². The molecule has 0 amide bonds. The van der Waals surface area contributed by atoms with Crippen LogP contribution in [0.3, 0.4) is 0 Å². The fourth-order valence-corrected chi connectivity index (χ4v) is 5.85. The lowest BCUT2D eigenvalue weighted by atomic mass is 10.1. The number of nitrogens with zero attached hydrogens (tertiary/aromatic N) is 1. The Balaban J connectivity index is 1.61. The van der Waals surface area contributed by atoms with E-state index in [-0.39, 0.29) is 17.0 Å². The molecule has 2 aromatic carbocycles. The molecule has 2 N–H and O–H groups in total. The third-order valence-corrected chi connectivity index (χ3v) is 7.65.